The number of nitrogen functional groups attached to an aromatic ring is 1. The molecule has 1 atom stereocenters. The molecular formula is C20H18FN7O2. The second-order valence-corrected chi connectivity index (χ2v) is 6.57. The van der Waals surface area contributed by atoms with E-state index in [9.17, 15) is 9.65 Å². The topological polar surface area (TPSA) is 126 Å². The zero-order valence-corrected chi connectivity index (χ0v) is 16.3. The van der Waals surface area contributed by atoms with Crippen molar-refractivity contribution in [2.75, 3.05) is 17.4 Å². The number of nitrogens with one attached hydrogen (secondary N) is 1. The zero-order valence-electron chi connectivity index (χ0n) is 16.3. The van der Waals surface area contributed by atoms with Gasteiger partial charge in [-0.05, 0) is 31.2 Å². The maximum absolute atomic E-state index is 14.0. The minimum Gasteiger partial charge on any atom is -0.482 e. The molecule has 0 spiro atoms. The quantitative estimate of drug-likeness (QED) is 0.661. The molecule has 3 heterocycles. The third-order valence-electron chi connectivity index (χ3n) is 4.47. The van der Waals surface area contributed by atoms with E-state index in [0.717, 1.165) is 0 Å². The molecular weight excluding hydrogens is 389 g/mol. The Morgan fingerprint density at radius 2 is 2.23 bits per heavy atom. The van der Waals surface area contributed by atoms with Crippen LogP contribution in [-0.2, 0) is 0 Å². The largest absolute Gasteiger partial charge is 0.482 e. The van der Waals surface area contributed by atoms with Crippen molar-refractivity contribution in [2.45, 2.75) is 20.0 Å². The number of nitrogens with two attached hydrogens (primary N) is 1. The van der Waals surface area contributed by atoms with Crippen LogP contribution >= 0.6 is 0 Å². The van der Waals surface area contributed by atoms with Gasteiger partial charge in [-0.3, -0.25) is 0 Å². The van der Waals surface area contributed by atoms with Crippen molar-refractivity contribution in [3.05, 3.63) is 53.4 Å². The number of aryl methyl sites for hydroxylation is 1. The normalized spacial score (nSPS) is 14.0. The fourth-order valence-electron chi connectivity index (χ4n) is 3.11. The highest BCUT2D eigenvalue weighted by atomic mass is 19.1. The number of aromatic nitrogens is 2. The molecule has 30 heavy (non-hydrogen) atoms. The Morgan fingerprint density at radius 3 is 2.97 bits per heavy atom. The van der Waals surface area contributed by atoms with Crippen LogP contribution in [0.4, 0.5) is 15.9 Å². The van der Waals surface area contributed by atoms with Gasteiger partial charge in [-0.2, -0.15) is 15.5 Å². The van der Waals surface area contributed by atoms with E-state index >= 15 is 0 Å². The number of halogens is 1. The number of hydrazine groups is 1. The molecule has 2 aromatic heterocycles. The standard InChI is InChI=1S/C20H18FN7O2/c1-11(15-8-14(21)3-4-17(15)28-25-5-6-26-28)29-18-7-13(10-24-20(18)23)19-16(9-22)27-12(2)30-19/h3-5,7-8,10-11,26H,6H2,1-2H3,(H2,23,24). The van der Waals surface area contributed by atoms with Gasteiger partial charge in [0.15, 0.2) is 28.9 Å². The lowest BCUT2D eigenvalue weighted by atomic mass is 10.1. The Hall–Kier alpha value is -3.97. The van der Waals surface area contributed by atoms with Crippen molar-refractivity contribution >= 4 is 17.7 Å². The van der Waals surface area contributed by atoms with Crippen molar-refractivity contribution < 1.29 is 13.5 Å². The van der Waals surface area contributed by atoms with Gasteiger partial charge < -0.3 is 14.9 Å². The first-order valence-electron chi connectivity index (χ1n) is 9.12. The number of oxazole rings is 1. The first kappa shape index (κ1) is 19.4. The summed E-state index contributed by atoms with van der Waals surface area (Å²) < 4.78 is 25.5. The van der Waals surface area contributed by atoms with Crippen LogP contribution in [0.15, 0.2) is 40.0 Å². The van der Waals surface area contributed by atoms with Gasteiger partial charge in [-0.1, -0.05) is 0 Å². The number of pyridine rings is 1. The summed E-state index contributed by atoms with van der Waals surface area (Å²) in [6.45, 7) is 3.99. The molecule has 0 fully saturated rings. The molecule has 1 aliphatic heterocycles. The van der Waals surface area contributed by atoms with E-state index in [1.807, 2.05) is 6.07 Å². The molecule has 3 N–H and O–H groups in total. The van der Waals surface area contributed by atoms with Crippen molar-refractivity contribution in [3.8, 4) is 23.1 Å². The number of nitriles is 1. The summed E-state index contributed by atoms with van der Waals surface area (Å²) in [5, 5.41) is 15.0. The van der Waals surface area contributed by atoms with E-state index in [0.29, 0.717) is 29.2 Å². The highest BCUT2D eigenvalue weighted by Gasteiger charge is 2.21. The second-order valence-electron chi connectivity index (χ2n) is 6.57. The number of hydrogen-bond donors (Lipinski definition) is 2. The number of hydrazone groups is 1. The SMILES string of the molecule is Cc1nc(C#N)c(-c2cnc(N)c(OC(C)c3cc(F)ccc3N3N=CCN3)c2)o1. The smallest absolute Gasteiger partial charge is 0.193 e. The van der Waals surface area contributed by atoms with Gasteiger partial charge in [0, 0.05) is 30.5 Å². The first-order chi connectivity index (χ1) is 14.5. The molecule has 1 aliphatic rings. The van der Waals surface area contributed by atoms with Crippen molar-refractivity contribution in [1.82, 2.24) is 15.4 Å². The van der Waals surface area contributed by atoms with Gasteiger partial charge in [0.1, 0.15) is 18.0 Å². The second kappa shape index (κ2) is 7.81. The molecule has 0 aliphatic carbocycles. The summed E-state index contributed by atoms with van der Waals surface area (Å²) in [6, 6.07) is 7.96. The third-order valence-corrected chi connectivity index (χ3v) is 4.47. The average Bonchev–Trinajstić information content (AvgIpc) is 3.39. The fraction of sp³-hybridized carbons (Fsp3) is 0.200. The van der Waals surface area contributed by atoms with E-state index in [4.69, 9.17) is 14.9 Å². The molecule has 0 radical (unpaired) electrons. The lowest BCUT2D eigenvalue weighted by Gasteiger charge is -2.23. The van der Waals surface area contributed by atoms with Gasteiger partial charge in [0.2, 0.25) is 0 Å². The fourth-order valence-corrected chi connectivity index (χ4v) is 3.11. The Bertz CT molecular complexity index is 1170. The first-order valence-corrected chi connectivity index (χ1v) is 9.12. The Kier molecular flexibility index (Phi) is 5.04. The summed E-state index contributed by atoms with van der Waals surface area (Å²) >= 11 is 0. The van der Waals surface area contributed by atoms with Crippen LogP contribution in [0, 0.1) is 24.1 Å². The third kappa shape index (κ3) is 3.66. The van der Waals surface area contributed by atoms with E-state index in [1.54, 1.807) is 37.3 Å². The monoisotopic (exact) mass is 407 g/mol. The van der Waals surface area contributed by atoms with Crippen molar-refractivity contribution in [1.29, 1.82) is 5.26 Å². The minimum atomic E-state index is -0.584. The van der Waals surface area contributed by atoms with Crippen LogP contribution in [0.25, 0.3) is 11.3 Å². The van der Waals surface area contributed by atoms with Crippen LogP contribution < -0.4 is 21.0 Å². The lowest BCUT2D eigenvalue weighted by molar-refractivity contribution is 0.227. The number of benzene rings is 1. The molecule has 0 bridgehead atoms. The van der Waals surface area contributed by atoms with E-state index in [2.05, 4.69) is 20.5 Å². The molecule has 0 saturated heterocycles. The molecule has 152 valence electrons. The van der Waals surface area contributed by atoms with Crippen molar-refractivity contribution in [2.24, 2.45) is 5.10 Å². The van der Waals surface area contributed by atoms with Gasteiger partial charge in [0.25, 0.3) is 0 Å². The summed E-state index contributed by atoms with van der Waals surface area (Å²) in [5.41, 5.74) is 10.9. The van der Waals surface area contributed by atoms with Crippen LogP contribution in [0.3, 0.4) is 0 Å². The number of rotatable bonds is 5. The Morgan fingerprint density at radius 1 is 1.40 bits per heavy atom. The zero-order chi connectivity index (χ0) is 21.3. The van der Waals surface area contributed by atoms with Crippen LogP contribution in [0.2, 0.25) is 0 Å². The average molecular weight is 407 g/mol. The predicted octanol–water partition coefficient (Wildman–Crippen LogP) is 3.09. The van der Waals surface area contributed by atoms with Crippen LogP contribution in [0.5, 0.6) is 5.75 Å². The van der Waals surface area contributed by atoms with E-state index in [-0.39, 0.29) is 23.0 Å². The number of ether oxygens (including phenoxy) is 1. The van der Waals surface area contributed by atoms with E-state index < -0.39 is 11.9 Å². The lowest BCUT2D eigenvalue weighted by Crippen LogP contribution is -2.29. The van der Waals surface area contributed by atoms with Crippen LogP contribution in [-0.4, -0.2) is 22.7 Å². The van der Waals surface area contributed by atoms with Gasteiger partial charge >= 0.3 is 0 Å². The maximum atomic E-state index is 14.0. The Labute approximate surface area is 171 Å². The summed E-state index contributed by atoms with van der Waals surface area (Å²) in [5.74, 6) is 0.656. The molecule has 1 aromatic carbocycles. The predicted molar refractivity (Wildman–Crippen MR) is 108 cm³/mol. The molecule has 10 heteroatoms. The van der Waals surface area contributed by atoms with Gasteiger partial charge in [-0.25, -0.2) is 19.8 Å². The molecule has 4 rings (SSSR count). The maximum Gasteiger partial charge on any atom is 0.193 e. The number of hydrogen-bond acceptors (Lipinski definition) is 9. The molecule has 0 amide bonds. The summed E-state index contributed by atoms with van der Waals surface area (Å²) in [7, 11) is 0. The Balaban J connectivity index is 1.67. The van der Waals surface area contributed by atoms with Gasteiger partial charge in [0.05, 0.1) is 12.2 Å². The minimum absolute atomic E-state index is 0.142. The molecule has 0 saturated carbocycles. The molecule has 3 aromatic rings. The number of anilines is 2. The van der Waals surface area contributed by atoms with Crippen molar-refractivity contribution in [3.63, 3.8) is 0 Å². The highest BCUT2D eigenvalue weighted by Crippen LogP contribution is 2.35. The number of nitrogens with zero attached hydrogens (tertiary/aromatic N) is 5. The summed E-state index contributed by atoms with van der Waals surface area (Å²) in [6.07, 6.45) is 2.60. The highest BCUT2D eigenvalue weighted by molar-refractivity contribution is 5.68. The summed E-state index contributed by atoms with van der Waals surface area (Å²) in [4.78, 5) is 8.18. The molecule has 9 nitrogen and oxygen atoms in total. The van der Waals surface area contributed by atoms with Gasteiger partial charge in [-0.15, -0.1) is 0 Å². The van der Waals surface area contributed by atoms with Crippen LogP contribution in [0.1, 0.15) is 30.2 Å². The van der Waals surface area contributed by atoms with E-state index in [1.165, 1.54) is 18.3 Å². The molecule has 1 unspecified atom stereocenters.